The van der Waals surface area contributed by atoms with Crippen molar-refractivity contribution < 1.29 is 19.5 Å². The van der Waals surface area contributed by atoms with Crippen LogP contribution in [0.2, 0.25) is 0 Å². The van der Waals surface area contributed by atoms with E-state index in [0.717, 1.165) is 54.9 Å². The Hall–Kier alpha value is -6.70. The number of hydrogen-bond donors (Lipinski definition) is 0. The van der Waals surface area contributed by atoms with Crippen molar-refractivity contribution in [3.05, 3.63) is 194 Å². The Labute approximate surface area is 312 Å². The van der Waals surface area contributed by atoms with Gasteiger partial charge in [-0.15, -0.1) is 0 Å². The topological polar surface area (TPSA) is 13.1 Å². The fraction of sp³-hybridized carbons (Fsp3) is 0. The van der Waals surface area contributed by atoms with Crippen LogP contribution < -0.4 is 0 Å². The number of hydrogen-bond acceptors (Lipinski definition) is 1. The Morgan fingerprint density at radius 3 is 1.59 bits per heavy atom. The summed E-state index contributed by atoms with van der Waals surface area (Å²) in [5.41, 5.74) is 5.64. The zero-order valence-electron chi connectivity index (χ0n) is 38.0. The molecule has 0 radical (unpaired) electrons. The maximum Gasteiger partial charge on any atom is 0.136 e. The van der Waals surface area contributed by atoms with Crippen molar-refractivity contribution in [2.24, 2.45) is 0 Å². The standard InChI is InChI=1S/C50H32O/c1-3-14-33(15-4-1)35-26-28-36(29-27-35)38-18-7-8-19-39(38)48-40-20-9-11-22-42(40)49(43-23-12-10-21-41(43)48)45-24-13-25-46-50(45)44-31-30-37(32-47(44)51-46)34-16-5-2-6-17-34/h1-32H/i2D,5D,6D,13D,16D,17D,24D,25D,30D,31D,32D. The van der Waals surface area contributed by atoms with Gasteiger partial charge in [-0.2, -0.15) is 0 Å². The van der Waals surface area contributed by atoms with Gasteiger partial charge in [0.25, 0.3) is 0 Å². The highest BCUT2D eigenvalue weighted by Gasteiger charge is 2.21. The number of benzene rings is 9. The summed E-state index contributed by atoms with van der Waals surface area (Å²) in [6.07, 6.45) is 0. The lowest BCUT2D eigenvalue weighted by Gasteiger charge is -2.20. The number of rotatable bonds is 5. The van der Waals surface area contributed by atoms with Gasteiger partial charge in [-0.25, -0.2) is 0 Å². The van der Waals surface area contributed by atoms with Gasteiger partial charge in [0.1, 0.15) is 11.2 Å². The van der Waals surface area contributed by atoms with Crippen molar-refractivity contribution >= 4 is 43.5 Å². The summed E-state index contributed by atoms with van der Waals surface area (Å²) in [5, 5.41) is 3.17. The number of furan rings is 1. The lowest BCUT2D eigenvalue weighted by molar-refractivity contribution is 0.669. The summed E-state index contributed by atoms with van der Waals surface area (Å²) < 4.78 is 104. The van der Waals surface area contributed by atoms with Gasteiger partial charge in [0, 0.05) is 10.8 Å². The average Bonchev–Trinajstić information content (AvgIpc) is 3.71. The third kappa shape index (κ3) is 4.86. The maximum absolute atomic E-state index is 9.53. The van der Waals surface area contributed by atoms with Crippen LogP contribution in [0.5, 0.6) is 0 Å². The molecule has 0 aliphatic carbocycles. The SMILES string of the molecule is [2H]c1c([2H])c([2H])c(-c2c([2H])c([2H])c3c(oc4c([2H])c([2H])c([2H])c(-c5c6ccccc6c(-c6ccccc6-c6ccc(-c7ccccc7)cc6)c6ccccc56)c43)c2[2H])c([2H])c1[2H]. The Bertz CT molecular complexity index is 3440. The lowest BCUT2D eigenvalue weighted by Crippen LogP contribution is -1.93. The van der Waals surface area contributed by atoms with Crippen LogP contribution in [-0.4, -0.2) is 0 Å². The summed E-state index contributed by atoms with van der Waals surface area (Å²) in [6, 6.07) is 36.4. The van der Waals surface area contributed by atoms with Crippen LogP contribution >= 0.6 is 0 Å². The first-order chi connectivity index (χ1) is 29.9. The van der Waals surface area contributed by atoms with Gasteiger partial charge in [-0.3, -0.25) is 0 Å². The predicted octanol–water partition coefficient (Wildman–Crippen LogP) is 14.2. The minimum atomic E-state index is -0.657. The molecule has 9 aromatic carbocycles. The van der Waals surface area contributed by atoms with Crippen molar-refractivity contribution in [1.82, 2.24) is 0 Å². The molecule has 0 fully saturated rings. The van der Waals surface area contributed by atoms with E-state index in [1.54, 1.807) is 0 Å². The lowest BCUT2D eigenvalue weighted by atomic mass is 9.83. The summed E-state index contributed by atoms with van der Waals surface area (Å²) in [6.45, 7) is 0. The van der Waals surface area contributed by atoms with Gasteiger partial charge in [0.05, 0.1) is 15.1 Å². The van der Waals surface area contributed by atoms with E-state index in [9.17, 15) is 5.48 Å². The Morgan fingerprint density at radius 2 is 0.902 bits per heavy atom. The van der Waals surface area contributed by atoms with Crippen molar-refractivity contribution in [2.75, 3.05) is 0 Å². The third-order valence-electron chi connectivity index (χ3n) is 9.50. The molecule has 0 aliphatic heterocycles. The van der Waals surface area contributed by atoms with Gasteiger partial charge in [-0.05, 0) is 95.3 Å². The van der Waals surface area contributed by atoms with Crippen LogP contribution in [0.1, 0.15) is 15.1 Å². The minimum absolute atomic E-state index is 0.0512. The van der Waals surface area contributed by atoms with Crippen molar-refractivity contribution in [3.63, 3.8) is 0 Å². The molecule has 1 heteroatoms. The summed E-state index contributed by atoms with van der Waals surface area (Å²) >= 11 is 0. The van der Waals surface area contributed by atoms with E-state index in [1.807, 2.05) is 78.9 Å². The fourth-order valence-corrected chi connectivity index (χ4v) is 7.25. The van der Waals surface area contributed by atoms with Crippen LogP contribution in [0, 0.1) is 0 Å². The minimum Gasteiger partial charge on any atom is -0.456 e. The van der Waals surface area contributed by atoms with E-state index in [-0.39, 0.29) is 33.5 Å². The molecule has 0 amide bonds. The first-order valence-corrected chi connectivity index (χ1v) is 16.6. The Balaban J connectivity index is 1.29. The highest BCUT2D eigenvalue weighted by molar-refractivity contribution is 6.26. The summed E-state index contributed by atoms with van der Waals surface area (Å²) in [7, 11) is 0. The van der Waals surface area contributed by atoms with Crippen LogP contribution in [0.25, 0.3) is 99.1 Å². The molecule has 51 heavy (non-hydrogen) atoms. The molecule has 10 rings (SSSR count). The molecule has 1 nitrogen and oxygen atoms in total. The fourth-order valence-electron chi connectivity index (χ4n) is 7.25. The zero-order valence-corrected chi connectivity index (χ0v) is 27.0. The van der Waals surface area contributed by atoms with E-state index in [4.69, 9.17) is 14.0 Å². The van der Waals surface area contributed by atoms with E-state index < -0.39 is 71.6 Å². The molecule has 0 aliphatic rings. The maximum atomic E-state index is 9.53. The van der Waals surface area contributed by atoms with E-state index in [0.29, 0.717) is 5.56 Å². The van der Waals surface area contributed by atoms with Gasteiger partial charge in [-0.1, -0.05) is 176 Å². The van der Waals surface area contributed by atoms with Crippen LogP contribution in [-0.2, 0) is 0 Å². The molecule has 0 saturated carbocycles. The monoisotopic (exact) mass is 659 g/mol. The highest BCUT2D eigenvalue weighted by Crippen LogP contribution is 2.48. The van der Waals surface area contributed by atoms with Crippen LogP contribution in [0.15, 0.2) is 198 Å². The molecule has 10 aromatic rings. The molecule has 0 atom stereocenters. The second-order valence-electron chi connectivity index (χ2n) is 12.3. The highest BCUT2D eigenvalue weighted by atomic mass is 16.3. The largest absolute Gasteiger partial charge is 0.456 e. The smallest absolute Gasteiger partial charge is 0.136 e. The van der Waals surface area contributed by atoms with E-state index in [2.05, 4.69) is 48.5 Å². The molecule has 1 aromatic heterocycles. The third-order valence-corrected chi connectivity index (χ3v) is 9.50. The van der Waals surface area contributed by atoms with Gasteiger partial charge < -0.3 is 4.42 Å². The van der Waals surface area contributed by atoms with Crippen molar-refractivity contribution in [3.8, 4) is 55.6 Å². The van der Waals surface area contributed by atoms with Gasteiger partial charge in [0.2, 0.25) is 0 Å². The van der Waals surface area contributed by atoms with E-state index >= 15 is 0 Å². The first-order valence-electron chi connectivity index (χ1n) is 22.1. The van der Waals surface area contributed by atoms with Crippen molar-refractivity contribution in [2.45, 2.75) is 0 Å². The Morgan fingerprint density at radius 1 is 0.333 bits per heavy atom. The van der Waals surface area contributed by atoms with E-state index in [1.165, 1.54) is 0 Å². The molecule has 1 heterocycles. The molecule has 238 valence electrons. The van der Waals surface area contributed by atoms with Gasteiger partial charge in [0.15, 0.2) is 0 Å². The number of fused-ring (bicyclic) bond motifs is 5. The predicted molar refractivity (Wildman–Crippen MR) is 216 cm³/mol. The van der Waals surface area contributed by atoms with Crippen molar-refractivity contribution in [1.29, 1.82) is 0 Å². The molecule has 0 N–H and O–H groups in total. The molecule has 0 spiro atoms. The molecular formula is C50H32O. The second-order valence-corrected chi connectivity index (χ2v) is 12.3. The van der Waals surface area contributed by atoms with Crippen LogP contribution in [0.3, 0.4) is 0 Å². The molecule has 0 bridgehead atoms. The molecule has 0 unspecified atom stereocenters. The quantitative estimate of drug-likeness (QED) is 0.168. The Kier molecular flexibility index (Phi) is 4.73. The average molecular weight is 660 g/mol. The van der Waals surface area contributed by atoms with Gasteiger partial charge >= 0.3 is 0 Å². The zero-order chi connectivity index (χ0) is 43.3. The molecule has 0 saturated heterocycles. The summed E-state index contributed by atoms with van der Waals surface area (Å²) in [5.74, 6) is 0. The second kappa shape index (κ2) is 12.0. The normalized spacial score (nSPS) is 14.5. The molecular weight excluding hydrogens is 617 g/mol. The van der Waals surface area contributed by atoms with Crippen LogP contribution in [0.4, 0.5) is 0 Å². The first kappa shape index (κ1) is 20.1. The summed E-state index contributed by atoms with van der Waals surface area (Å²) in [4.78, 5) is 0.